The number of quaternary nitrogens is 1. The molecule has 18 heavy (non-hydrogen) atoms. The lowest BCUT2D eigenvalue weighted by molar-refractivity contribution is -0.938. The molecule has 0 amide bonds. The van der Waals surface area contributed by atoms with Crippen LogP contribution in [0.25, 0.3) is 0 Å². The molecule has 0 bridgehead atoms. The molecular formula is C15H20NO2+. The number of fused-ring (bicyclic) bond motifs is 1. The van der Waals surface area contributed by atoms with Gasteiger partial charge in [0, 0.05) is 17.6 Å². The van der Waals surface area contributed by atoms with Crippen molar-refractivity contribution in [2.75, 3.05) is 19.7 Å². The van der Waals surface area contributed by atoms with Crippen LogP contribution in [0, 0.1) is 0 Å². The second kappa shape index (κ2) is 4.50. The Morgan fingerprint density at radius 3 is 2.72 bits per heavy atom. The maximum Gasteiger partial charge on any atom is 0.140 e. The van der Waals surface area contributed by atoms with Crippen LogP contribution >= 0.6 is 0 Å². The first-order valence-corrected chi connectivity index (χ1v) is 6.63. The van der Waals surface area contributed by atoms with Crippen molar-refractivity contribution in [2.45, 2.75) is 25.1 Å². The molecule has 96 valence electrons. The SMILES string of the molecule is OCC1=CC[N@@+]2(Cc3ccccc3)CC[C@H](O)[C@@H]12. The van der Waals surface area contributed by atoms with E-state index in [2.05, 4.69) is 30.3 Å². The molecule has 1 fully saturated rings. The first kappa shape index (κ1) is 11.9. The van der Waals surface area contributed by atoms with Gasteiger partial charge in [0.05, 0.1) is 19.7 Å². The second-order valence-electron chi connectivity index (χ2n) is 5.51. The van der Waals surface area contributed by atoms with Crippen LogP contribution in [0.3, 0.4) is 0 Å². The van der Waals surface area contributed by atoms with Crippen molar-refractivity contribution in [3.8, 4) is 0 Å². The average molecular weight is 246 g/mol. The van der Waals surface area contributed by atoms with Crippen LogP contribution < -0.4 is 0 Å². The molecule has 3 nitrogen and oxygen atoms in total. The number of nitrogens with zero attached hydrogens (tertiary/aromatic N) is 1. The van der Waals surface area contributed by atoms with E-state index in [1.165, 1.54) is 5.56 Å². The largest absolute Gasteiger partial charge is 0.392 e. The Labute approximate surface area is 108 Å². The molecule has 3 heteroatoms. The van der Waals surface area contributed by atoms with E-state index in [4.69, 9.17) is 0 Å². The second-order valence-corrected chi connectivity index (χ2v) is 5.51. The van der Waals surface area contributed by atoms with Crippen molar-refractivity contribution in [3.63, 3.8) is 0 Å². The summed E-state index contributed by atoms with van der Waals surface area (Å²) in [6.07, 6.45) is 2.67. The van der Waals surface area contributed by atoms with Gasteiger partial charge in [-0.25, -0.2) is 0 Å². The summed E-state index contributed by atoms with van der Waals surface area (Å²) in [5.74, 6) is 0. The van der Waals surface area contributed by atoms with Crippen molar-refractivity contribution >= 4 is 0 Å². The number of benzene rings is 1. The molecule has 1 aromatic rings. The lowest BCUT2D eigenvalue weighted by Gasteiger charge is -2.36. The van der Waals surface area contributed by atoms with Gasteiger partial charge in [0.2, 0.25) is 0 Å². The molecule has 2 heterocycles. The number of hydrogen-bond donors (Lipinski definition) is 2. The summed E-state index contributed by atoms with van der Waals surface area (Å²) in [6, 6.07) is 10.5. The summed E-state index contributed by atoms with van der Waals surface area (Å²) in [6.45, 7) is 2.96. The zero-order valence-electron chi connectivity index (χ0n) is 10.5. The molecule has 0 radical (unpaired) electrons. The number of aliphatic hydroxyl groups excluding tert-OH is 2. The molecule has 1 aromatic carbocycles. The van der Waals surface area contributed by atoms with Crippen LogP contribution in [0.5, 0.6) is 0 Å². The molecule has 3 atom stereocenters. The lowest BCUT2D eigenvalue weighted by atomic mass is 10.0. The van der Waals surface area contributed by atoms with Gasteiger partial charge in [-0.05, 0) is 6.08 Å². The molecule has 0 spiro atoms. The summed E-state index contributed by atoms with van der Waals surface area (Å²) in [4.78, 5) is 0. The minimum absolute atomic E-state index is 0.0799. The van der Waals surface area contributed by atoms with Crippen molar-refractivity contribution in [3.05, 3.63) is 47.5 Å². The average Bonchev–Trinajstić information content (AvgIpc) is 2.90. The maximum absolute atomic E-state index is 10.2. The lowest BCUT2D eigenvalue weighted by Crippen LogP contribution is -2.51. The van der Waals surface area contributed by atoms with Gasteiger partial charge >= 0.3 is 0 Å². The van der Waals surface area contributed by atoms with E-state index in [1.54, 1.807) is 0 Å². The molecule has 0 saturated carbocycles. The normalized spacial score (nSPS) is 34.4. The fourth-order valence-corrected chi connectivity index (χ4v) is 3.62. The highest BCUT2D eigenvalue weighted by molar-refractivity contribution is 5.20. The van der Waals surface area contributed by atoms with E-state index >= 15 is 0 Å². The van der Waals surface area contributed by atoms with E-state index < -0.39 is 0 Å². The Morgan fingerprint density at radius 2 is 2.00 bits per heavy atom. The number of aliphatic hydroxyl groups is 2. The molecule has 0 aliphatic carbocycles. The molecule has 2 aliphatic heterocycles. The Hall–Kier alpha value is -1.16. The first-order valence-electron chi connectivity index (χ1n) is 6.63. The molecular weight excluding hydrogens is 226 g/mol. The van der Waals surface area contributed by atoms with Gasteiger partial charge < -0.3 is 14.7 Å². The smallest absolute Gasteiger partial charge is 0.140 e. The van der Waals surface area contributed by atoms with Crippen molar-refractivity contribution in [2.24, 2.45) is 0 Å². The minimum Gasteiger partial charge on any atom is -0.392 e. The molecule has 2 aliphatic rings. The van der Waals surface area contributed by atoms with E-state index in [1.807, 2.05) is 6.07 Å². The van der Waals surface area contributed by atoms with Gasteiger partial charge in [0.25, 0.3) is 0 Å². The Balaban J connectivity index is 1.87. The van der Waals surface area contributed by atoms with E-state index in [9.17, 15) is 10.2 Å². The fraction of sp³-hybridized carbons (Fsp3) is 0.467. The van der Waals surface area contributed by atoms with Gasteiger partial charge in [-0.2, -0.15) is 0 Å². The predicted molar refractivity (Wildman–Crippen MR) is 69.7 cm³/mol. The van der Waals surface area contributed by atoms with Crippen LogP contribution in [-0.4, -0.2) is 46.5 Å². The third kappa shape index (κ3) is 1.79. The van der Waals surface area contributed by atoms with Crippen molar-refractivity contribution < 1.29 is 14.7 Å². The minimum atomic E-state index is -0.297. The van der Waals surface area contributed by atoms with E-state index in [0.29, 0.717) is 0 Å². The van der Waals surface area contributed by atoms with Crippen molar-refractivity contribution in [1.29, 1.82) is 0 Å². The third-order valence-electron chi connectivity index (χ3n) is 4.44. The summed E-state index contributed by atoms with van der Waals surface area (Å²) in [7, 11) is 0. The van der Waals surface area contributed by atoms with Crippen LogP contribution in [0.2, 0.25) is 0 Å². The predicted octanol–water partition coefficient (Wildman–Crippen LogP) is 1.07. The summed E-state index contributed by atoms with van der Waals surface area (Å²) >= 11 is 0. The van der Waals surface area contributed by atoms with Gasteiger partial charge in [0.1, 0.15) is 18.7 Å². The van der Waals surface area contributed by atoms with Crippen LogP contribution in [0.4, 0.5) is 0 Å². The molecule has 0 unspecified atom stereocenters. The maximum atomic E-state index is 10.2. The summed E-state index contributed by atoms with van der Waals surface area (Å²) < 4.78 is 0.890. The molecule has 2 N–H and O–H groups in total. The number of rotatable bonds is 3. The van der Waals surface area contributed by atoms with Crippen LogP contribution in [0.15, 0.2) is 42.0 Å². The zero-order valence-corrected chi connectivity index (χ0v) is 10.5. The van der Waals surface area contributed by atoms with Gasteiger partial charge in [-0.15, -0.1) is 0 Å². The number of hydrogen-bond acceptors (Lipinski definition) is 2. The van der Waals surface area contributed by atoms with Gasteiger partial charge in [-0.3, -0.25) is 0 Å². The molecule has 0 aromatic heterocycles. The van der Waals surface area contributed by atoms with E-state index in [0.717, 1.165) is 36.1 Å². The zero-order chi connectivity index (χ0) is 12.6. The van der Waals surface area contributed by atoms with Crippen LogP contribution in [-0.2, 0) is 6.54 Å². The highest BCUT2D eigenvalue weighted by Crippen LogP contribution is 2.38. The fourth-order valence-electron chi connectivity index (χ4n) is 3.62. The first-order chi connectivity index (χ1) is 8.75. The molecule has 1 saturated heterocycles. The molecule has 3 rings (SSSR count). The van der Waals surface area contributed by atoms with Gasteiger partial charge in [0.15, 0.2) is 0 Å². The highest BCUT2D eigenvalue weighted by Gasteiger charge is 2.51. The Bertz CT molecular complexity index is 457. The Kier molecular flexibility index (Phi) is 2.98. The Morgan fingerprint density at radius 1 is 1.22 bits per heavy atom. The standard InChI is InChI=1S/C15H20NO2/c17-11-13-6-8-16(9-7-14(18)15(13)16)10-12-4-2-1-3-5-12/h1-6,14-15,17-18H,7-11H2/q+1/t14-,15+,16-/m0/s1. The summed E-state index contributed by atoms with van der Waals surface area (Å²) in [5.41, 5.74) is 2.33. The monoisotopic (exact) mass is 246 g/mol. The van der Waals surface area contributed by atoms with Gasteiger partial charge in [-0.1, -0.05) is 30.3 Å². The van der Waals surface area contributed by atoms with Crippen molar-refractivity contribution in [1.82, 2.24) is 0 Å². The van der Waals surface area contributed by atoms with E-state index in [-0.39, 0.29) is 18.8 Å². The quantitative estimate of drug-likeness (QED) is 0.618. The van der Waals surface area contributed by atoms with Crippen LogP contribution in [0.1, 0.15) is 12.0 Å². The topological polar surface area (TPSA) is 40.5 Å². The summed E-state index contributed by atoms with van der Waals surface area (Å²) in [5, 5.41) is 19.6. The third-order valence-corrected chi connectivity index (χ3v) is 4.44. The highest BCUT2D eigenvalue weighted by atomic mass is 16.3.